The summed E-state index contributed by atoms with van der Waals surface area (Å²) in [4.78, 5) is 25.8. The predicted octanol–water partition coefficient (Wildman–Crippen LogP) is 5.45. The molecule has 8 heteroatoms. The van der Waals surface area contributed by atoms with Crippen LogP contribution < -0.4 is 9.47 Å². The summed E-state index contributed by atoms with van der Waals surface area (Å²) in [6.07, 6.45) is -0.741. The van der Waals surface area contributed by atoms with Crippen molar-refractivity contribution >= 4 is 28.0 Å². The Morgan fingerprint density at radius 1 is 1.00 bits per heavy atom. The van der Waals surface area contributed by atoms with Crippen molar-refractivity contribution in [1.82, 2.24) is 4.90 Å². The summed E-state index contributed by atoms with van der Waals surface area (Å²) < 4.78 is 17.8. The zero-order chi connectivity index (χ0) is 24.4. The molecule has 3 aromatic carbocycles. The average molecular weight is 538 g/mol. The quantitative estimate of drug-likeness (QED) is 0.431. The standard InChI is InChI=1S/C27H24BrNO6/c28-23-13-17(14-24-26(23)34-12-11-33-24)15-29(10-9-25(30)31)27(32)35-16-22-20-7-3-1-5-18(20)19-6-2-4-8-21(19)22/h1-8,13-14,22H,9-12,15-16H2,(H,30,31). The van der Waals surface area contributed by atoms with E-state index in [-0.39, 0.29) is 32.0 Å². The van der Waals surface area contributed by atoms with Gasteiger partial charge in [0.25, 0.3) is 0 Å². The summed E-state index contributed by atoms with van der Waals surface area (Å²) in [5.74, 6) is 0.158. The Balaban J connectivity index is 1.34. The van der Waals surface area contributed by atoms with Crippen molar-refractivity contribution in [3.63, 3.8) is 0 Å². The van der Waals surface area contributed by atoms with Crippen molar-refractivity contribution in [2.24, 2.45) is 0 Å². The molecule has 2 aliphatic rings. The topological polar surface area (TPSA) is 85.3 Å². The van der Waals surface area contributed by atoms with Crippen molar-refractivity contribution in [3.05, 3.63) is 81.8 Å². The van der Waals surface area contributed by atoms with Gasteiger partial charge in [-0.2, -0.15) is 0 Å². The monoisotopic (exact) mass is 537 g/mol. The molecule has 35 heavy (non-hydrogen) atoms. The van der Waals surface area contributed by atoms with E-state index in [0.717, 1.165) is 32.3 Å². The van der Waals surface area contributed by atoms with Gasteiger partial charge in [0.05, 0.1) is 10.9 Å². The Morgan fingerprint density at radius 3 is 2.34 bits per heavy atom. The molecule has 0 atom stereocenters. The first-order chi connectivity index (χ1) is 17.0. The maximum absolute atomic E-state index is 13.2. The van der Waals surface area contributed by atoms with Crippen molar-refractivity contribution < 1.29 is 28.9 Å². The van der Waals surface area contributed by atoms with Crippen LogP contribution in [0.2, 0.25) is 0 Å². The van der Waals surface area contributed by atoms with Crippen molar-refractivity contribution in [2.75, 3.05) is 26.4 Å². The molecule has 0 aromatic heterocycles. The van der Waals surface area contributed by atoms with Gasteiger partial charge in [-0.15, -0.1) is 0 Å². The van der Waals surface area contributed by atoms with E-state index in [4.69, 9.17) is 14.2 Å². The van der Waals surface area contributed by atoms with Crippen LogP contribution in [0, 0.1) is 0 Å². The molecular formula is C27H24BrNO6. The number of ether oxygens (including phenoxy) is 3. The molecule has 180 valence electrons. The van der Waals surface area contributed by atoms with Crippen molar-refractivity contribution in [1.29, 1.82) is 0 Å². The second-order valence-electron chi connectivity index (χ2n) is 8.47. The highest BCUT2D eigenvalue weighted by atomic mass is 79.9. The lowest BCUT2D eigenvalue weighted by Gasteiger charge is -2.25. The molecule has 1 aliphatic carbocycles. The lowest BCUT2D eigenvalue weighted by Crippen LogP contribution is -2.34. The summed E-state index contributed by atoms with van der Waals surface area (Å²) in [5, 5.41) is 9.21. The minimum absolute atomic E-state index is 0.0259. The third kappa shape index (κ3) is 4.84. The number of rotatable bonds is 7. The first-order valence-electron chi connectivity index (χ1n) is 11.4. The van der Waals surface area contributed by atoms with Gasteiger partial charge in [-0.05, 0) is 55.9 Å². The van der Waals surface area contributed by atoms with E-state index in [0.29, 0.717) is 24.7 Å². The van der Waals surface area contributed by atoms with Crippen molar-refractivity contribution in [2.45, 2.75) is 18.9 Å². The van der Waals surface area contributed by atoms with Crippen LogP contribution in [0.1, 0.15) is 29.0 Å². The fourth-order valence-electron chi connectivity index (χ4n) is 4.63. The molecule has 0 spiro atoms. The van der Waals surface area contributed by atoms with Gasteiger partial charge in [-0.1, -0.05) is 48.5 Å². The highest BCUT2D eigenvalue weighted by molar-refractivity contribution is 9.10. The molecule has 0 bridgehead atoms. The van der Waals surface area contributed by atoms with E-state index >= 15 is 0 Å². The molecule has 0 unspecified atom stereocenters. The molecule has 0 radical (unpaired) electrons. The fraction of sp³-hybridized carbons (Fsp3) is 0.259. The first kappa shape index (κ1) is 23.2. The third-order valence-corrected chi connectivity index (χ3v) is 6.81. The normalized spacial score (nSPS) is 13.6. The fourth-order valence-corrected chi connectivity index (χ4v) is 5.23. The maximum atomic E-state index is 13.2. The first-order valence-corrected chi connectivity index (χ1v) is 12.2. The number of carboxylic acid groups (broad SMARTS) is 1. The van der Waals surface area contributed by atoms with E-state index in [2.05, 4.69) is 40.2 Å². The second-order valence-corrected chi connectivity index (χ2v) is 9.33. The molecule has 1 heterocycles. The number of amides is 1. The highest BCUT2D eigenvalue weighted by Crippen LogP contribution is 2.44. The largest absolute Gasteiger partial charge is 0.486 e. The van der Waals surface area contributed by atoms with Gasteiger partial charge in [-0.25, -0.2) is 4.79 Å². The van der Waals surface area contributed by atoms with E-state index in [1.807, 2.05) is 36.4 Å². The third-order valence-electron chi connectivity index (χ3n) is 6.22. The average Bonchev–Trinajstić information content (AvgIpc) is 3.19. The number of nitrogens with zero attached hydrogens (tertiary/aromatic N) is 1. The molecule has 0 saturated carbocycles. The van der Waals surface area contributed by atoms with Crippen LogP contribution in [-0.2, 0) is 16.1 Å². The van der Waals surface area contributed by atoms with Gasteiger partial charge in [-0.3, -0.25) is 4.79 Å². The van der Waals surface area contributed by atoms with E-state index in [1.54, 1.807) is 0 Å². The van der Waals surface area contributed by atoms with E-state index in [1.165, 1.54) is 4.90 Å². The Kier molecular flexibility index (Phi) is 6.63. The van der Waals surface area contributed by atoms with Crippen molar-refractivity contribution in [3.8, 4) is 22.6 Å². The van der Waals surface area contributed by atoms with Crippen LogP contribution in [0.25, 0.3) is 11.1 Å². The number of hydrogen-bond acceptors (Lipinski definition) is 5. The minimum atomic E-state index is -0.982. The highest BCUT2D eigenvalue weighted by Gasteiger charge is 2.30. The van der Waals surface area contributed by atoms with Crippen LogP contribution in [0.15, 0.2) is 65.1 Å². The maximum Gasteiger partial charge on any atom is 0.410 e. The lowest BCUT2D eigenvalue weighted by molar-refractivity contribution is -0.137. The molecular weight excluding hydrogens is 514 g/mol. The molecule has 0 fully saturated rings. The Bertz CT molecular complexity index is 1230. The lowest BCUT2D eigenvalue weighted by atomic mass is 9.98. The Labute approximate surface area is 211 Å². The summed E-state index contributed by atoms with van der Waals surface area (Å²) >= 11 is 3.49. The molecule has 1 N–H and O–H groups in total. The summed E-state index contributed by atoms with van der Waals surface area (Å²) in [6.45, 7) is 1.28. The molecule has 1 aliphatic heterocycles. The number of aliphatic carboxylic acids is 1. The summed E-state index contributed by atoms with van der Waals surface area (Å²) in [6, 6.07) is 19.9. The van der Waals surface area contributed by atoms with Crippen LogP contribution in [0.3, 0.4) is 0 Å². The van der Waals surface area contributed by atoms with E-state index < -0.39 is 12.1 Å². The number of hydrogen-bond donors (Lipinski definition) is 1. The van der Waals surface area contributed by atoms with Crippen LogP contribution in [0.5, 0.6) is 11.5 Å². The van der Waals surface area contributed by atoms with Gasteiger partial charge in [0, 0.05) is 19.0 Å². The number of benzene rings is 3. The van der Waals surface area contributed by atoms with Crippen LogP contribution in [-0.4, -0.2) is 48.4 Å². The number of carbonyl (C=O) groups is 2. The molecule has 1 amide bonds. The van der Waals surface area contributed by atoms with Gasteiger partial charge < -0.3 is 24.2 Å². The minimum Gasteiger partial charge on any atom is -0.486 e. The SMILES string of the molecule is O=C(O)CCN(Cc1cc(Br)c2c(c1)OCCO2)C(=O)OCC1c2ccccc2-c2ccccc21. The Morgan fingerprint density at radius 2 is 1.66 bits per heavy atom. The Hall–Kier alpha value is -3.52. The number of fused-ring (bicyclic) bond motifs is 4. The smallest absolute Gasteiger partial charge is 0.410 e. The van der Waals surface area contributed by atoms with Gasteiger partial charge >= 0.3 is 12.1 Å². The van der Waals surface area contributed by atoms with Gasteiger partial charge in [0.1, 0.15) is 19.8 Å². The second kappa shape index (κ2) is 10.00. The zero-order valence-electron chi connectivity index (χ0n) is 18.9. The molecule has 0 saturated heterocycles. The summed E-state index contributed by atoms with van der Waals surface area (Å²) in [7, 11) is 0. The number of carbonyl (C=O) groups excluding carboxylic acids is 1. The van der Waals surface area contributed by atoms with E-state index in [9.17, 15) is 14.7 Å². The van der Waals surface area contributed by atoms with Crippen LogP contribution >= 0.6 is 15.9 Å². The zero-order valence-corrected chi connectivity index (χ0v) is 20.5. The van der Waals surface area contributed by atoms with Crippen LogP contribution in [0.4, 0.5) is 4.79 Å². The predicted molar refractivity (Wildman–Crippen MR) is 133 cm³/mol. The molecule has 5 rings (SSSR count). The number of carboxylic acids is 1. The summed E-state index contributed by atoms with van der Waals surface area (Å²) in [5.41, 5.74) is 5.31. The molecule has 3 aromatic rings. The van der Waals surface area contributed by atoms with Gasteiger partial charge in [0.2, 0.25) is 0 Å². The molecule has 7 nitrogen and oxygen atoms in total. The van der Waals surface area contributed by atoms with Gasteiger partial charge in [0.15, 0.2) is 11.5 Å². The number of halogens is 1.